The first-order valence-corrected chi connectivity index (χ1v) is 11.5. The number of sulfone groups is 1. The van der Waals surface area contributed by atoms with Crippen LogP contribution in [0.25, 0.3) is 22.6 Å². The number of para-hydroxylation sites is 2. The summed E-state index contributed by atoms with van der Waals surface area (Å²) in [6.45, 7) is 3.29. The molecule has 0 radical (unpaired) electrons. The van der Waals surface area contributed by atoms with Gasteiger partial charge in [0.25, 0.3) is 0 Å². The zero-order valence-corrected chi connectivity index (χ0v) is 18.0. The lowest BCUT2D eigenvalue weighted by molar-refractivity contribution is -0.115. The van der Waals surface area contributed by atoms with Gasteiger partial charge in [0, 0.05) is 11.3 Å². The maximum atomic E-state index is 12.5. The number of oxazole rings is 1. The van der Waals surface area contributed by atoms with Gasteiger partial charge in [0.2, 0.25) is 11.8 Å². The first-order valence-electron chi connectivity index (χ1n) is 9.91. The maximum absolute atomic E-state index is 12.5. The minimum Gasteiger partial charge on any atom is -0.436 e. The fraction of sp³-hybridized carbons (Fsp3) is 0.167. The van der Waals surface area contributed by atoms with Crippen LogP contribution in [0.3, 0.4) is 0 Å². The first-order chi connectivity index (χ1) is 14.8. The van der Waals surface area contributed by atoms with E-state index in [0.717, 1.165) is 16.6 Å². The van der Waals surface area contributed by atoms with Gasteiger partial charge in [0.15, 0.2) is 15.4 Å². The van der Waals surface area contributed by atoms with Crippen molar-refractivity contribution in [3.8, 4) is 11.5 Å². The van der Waals surface area contributed by atoms with Gasteiger partial charge in [-0.3, -0.25) is 4.79 Å². The lowest BCUT2D eigenvalue weighted by atomic mass is 10.1. The van der Waals surface area contributed by atoms with E-state index in [1.54, 1.807) is 50.2 Å². The zero-order chi connectivity index (χ0) is 22.0. The van der Waals surface area contributed by atoms with Crippen LogP contribution in [0.2, 0.25) is 0 Å². The van der Waals surface area contributed by atoms with Crippen LogP contribution in [0.15, 0.2) is 82.1 Å². The molecule has 31 heavy (non-hydrogen) atoms. The molecule has 1 heterocycles. The molecule has 0 bridgehead atoms. The summed E-state index contributed by atoms with van der Waals surface area (Å²) in [4.78, 5) is 17.2. The lowest BCUT2D eigenvalue weighted by Gasteiger charge is -2.09. The van der Waals surface area contributed by atoms with Crippen LogP contribution in [0.5, 0.6) is 0 Å². The number of fused-ring (bicyclic) bond motifs is 1. The van der Waals surface area contributed by atoms with E-state index < -0.39 is 15.1 Å². The van der Waals surface area contributed by atoms with E-state index in [1.165, 1.54) is 0 Å². The highest BCUT2D eigenvalue weighted by Gasteiger charge is 2.19. The Morgan fingerprint density at radius 3 is 2.45 bits per heavy atom. The van der Waals surface area contributed by atoms with E-state index in [-0.39, 0.29) is 17.2 Å². The van der Waals surface area contributed by atoms with E-state index in [9.17, 15) is 13.2 Å². The third kappa shape index (κ3) is 4.51. The van der Waals surface area contributed by atoms with Crippen molar-refractivity contribution in [2.24, 2.45) is 0 Å². The molecule has 1 amide bonds. The lowest BCUT2D eigenvalue weighted by Crippen LogP contribution is -2.15. The van der Waals surface area contributed by atoms with Crippen LogP contribution in [0.1, 0.15) is 19.4 Å². The molecule has 0 saturated heterocycles. The molecule has 7 heteroatoms. The molecule has 0 aliphatic carbocycles. The minimum absolute atomic E-state index is 0.134. The molecule has 0 aliphatic heterocycles. The van der Waals surface area contributed by atoms with E-state index in [4.69, 9.17) is 4.42 Å². The summed E-state index contributed by atoms with van der Waals surface area (Å²) in [5.74, 6) is 0.286. The minimum atomic E-state index is -3.33. The number of rotatable bonds is 6. The molecule has 158 valence electrons. The zero-order valence-electron chi connectivity index (χ0n) is 17.2. The van der Waals surface area contributed by atoms with Crippen LogP contribution in [-0.2, 0) is 21.1 Å². The summed E-state index contributed by atoms with van der Waals surface area (Å²) < 4.78 is 30.2. The van der Waals surface area contributed by atoms with Gasteiger partial charge in [-0.1, -0.05) is 30.3 Å². The Balaban J connectivity index is 1.46. The Morgan fingerprint density at radius 1 is 1.00 bits per heavy atom. The van der Waals surface area contributed by atoms with Gasteiger partial charge in [-0.15, -0.1) is 0 Å². The van der Waals surface area contributed by atoms with Crippen molar-refractivity contribution in [1.82, 2.24) is 4.98 Å². The second-order valence-corrected chi connectivity index (χ2v) is 10.0. The van der Waals surface area contributed by atoms with Crippen LogP contribution < -0.4 is 5.32 Å². The molecule has 0 atom stereocenters. The molecular formula is C24H22N2O4S. The summed E-state index contributed by atoms with van der Waals surface area (Å²) in [5, 5.41) is 2.38. The molecule has 0 aliphatic rings. The second kappa shape index (κ2) is 8.35. The average Bonchev–Trinajstić information content (AvgIpc) is 3.18. The maximum Gasteiger partial charge on any atom is 0.228 e. The molecule has 1 N–H and O–H groups in total. The monoisotopic (exact) mass is 434 g/mol. The van der Waals surface area contributed by atoms with E-state index >= 15 is 0 Å². The molecule has 0 unspecified atom stereocenters. The van der Waals surface area contributed by atoms with Crippen molar-refractivity contribution in [2.45, 2.75) is 30.4 Å². The van der Waals surface area contributed by atoms with Crippen molar-refractivity contribution in [3.05, 3.63) is 78.4 Å². The van der Waals surface area contributed by atoms with Crippen molar-refractivity contribution < 1.29 is 17.6 Å². The molecule has 0 spiro atoms. The summed E-state index contributed by atoms with van der Waals surface area (Å²) in [5.41, 5.74) is 3.60. The van der Waals surface area contributed by atoms with Gasteiger partial charge in [0.1, 0.15) is 5.52 Å². The molecule has 6 nitrogen and oxygen atoms in total. The number of hydrogen-bond donors (Lipinski definition) is 1. The molecule has 3 aromatic carbocycles. The third-order valence-electron chi connectivity index (χ3n) is 4.92. The quantitative estimate of drug-likeness (QED) is 0.468. The standard InChI is InChI=1S/C24H22N2O4S/c1-16(2)31(28,29)20-12-10-17(11-13-20)14-23(27)25-19-7-5-6-18(15-19)24-26-21-8-3-4-9-22(21)30-24/h3-13,15-16H,14H2,1-2H3,(H,25,27). The number of benzene rings is 3. The van der Waals surface area contributed by atoms with Crippen molar-refractivity contribution in [3.63, 3.8) is 0 Å². The number of nitrogens with zero attached hydrogens (tertiary/aromatic N) is 1. The van der Waals surface area contributed by atoms with E-state index in [1.807, 2.05) is 36.4 Å². The van der Waals surface area contributed by atoms with Crippen LogP contribution in [0.4, 0.5) is 5.69 Å². The highest BCUT2D eigenvalue weighted by molar-refractivity contribution is 7.92. The van der Waals surface area contributed by atoms with Gasteiger partial charge in [-0.05, 0) is 61.9 Å². The molecule has 0 saturated carbocycles. The topological polar surface area (TPSA) is 89.3 Å². The van der Waals surface area contributed by atoms with E-state index in [2.05, 4.69) is 10.3 Å². The number of anilines is 1. The summed E-state index contributed by atoms with van der Waals surface area (Å²) in [7, 11) is -3.33. The Bertz CT molecular complexity index is 1310. The van der Waals surface area contributed by atoms with Gasteiger partial charge in [0.05, 0.1) is 16.6 Å². The smallest absolute Gasteiger partial charge is 0.228 e. The van der Waals surface area contributed by atoms with E-state index in [0.29, 0.717) is 17.2 Å². The number of aromatic nitrogens is 1. The Hall–Kier alpha value is -3.45. The van der Waals surface area contributed by atoms with Crippen molar-refractivity contribution >= 4 is 32.5 Å². The fourth-order valence-electron chi connectivity index (χ4n) is 3.19. The molecule has 4 rings (SSSR count). The number of amides is 1. The Morgan fingerprint density at radius 2 is 1.74 bits per heavy atom. The second-order valence-electron chi connectivity index (χ2n) is 7.53. The van der Waals surface area contributed by atoms with Gasteiger partial charge in [-0.2, -0.15) is 0 Å². The number of nitrogens with one attached hydrogen (secondary N) is 1. The van der Waals surface area contributed by atoms with Crippen LogP contribution in [-0.4, -0.2) is 24.6 Å². The predicted octanol–water partition coefficient (Wildman–Crippen LogP) is 4.86. The SMILES string of the molecule is CC(C)S(=O)(=O)c1ccc(CC(=O)Nc2cccc(-c3nc4ccccc4o3)c2)cc1. The molecular weight excluding hydrogens is 412 g/mol. The van der Waals surface area contributed by atoms with Crippen LogP contribution in [0, 0.1) is 0 Å². The highest BCUT2D eigenvalue weighted by atomic mass is 32.2. The van der Waals surface area contributed by atoms with Gasteiger partial charge >= 0.3 is 0 Å². The highest BCUT2D eigenvalue weighted by Crippen LogP contribution is 2.26. The summed E-state index contributed by atoms with van der Waals surface area (Å²) in [6, 6.07) is 21.3. The van der Waals surface area contributed by atoms with Crippen molar-refractivity contribution in [2.75, 3.05) is 5.32 Å². The third-order valence-corrected chi connectivity index (χ3v) is 7.09. The van der Waals surface area contributed by atoms with Gasteiger partial charge in [-0.25, -0.2) is 13.4 Å². The normalized spacial score (nSPS) is 11.7. The Kier molecular flexibility index (Phi) is 5.61. The summed E-state index contributed by atoms with van der Waals surface area (Å²) in [6.07, 6.45) is 0.134. The summed E-state index contributed by atoms with van der Waals surface area (Å²) >= 11 is 0. The number of carbonyl (C=O) groups excluding carboxylic acids is 1. The fourth-order valence-corrected chi connectivity index (χ4v) is 4.25. The van der Waals surface area contributed by atoms with Crippen LogP contribution >= 0.6 is 0 Å². The molecule has 1 aromatic heterocycles. The first kappa shape index (κ1) is 20.8. The number of carbonyl (C=O) groups is 1. The number of hydrogen-bond acceptors (Lipinski definition) is 5. The molecule has 0 fully saturated rings. The van der Waals surface area contributed by atoms with Gasteiger partial charge < -0.3 is 9.73 Å². The molecule has 4 aromatic rings. The Labute approximate surface area is 180 Å². The van der Waals surface area contributed by atoms with Crippen molar-refractivity contribution in [1.29, 1.82) is 0 Å². The predicted molar refractivity (Wildman–Crippen MR) is 121 cm³/mol. The largest absolute Gasteiger partial charge is 0.436 e. The average molecular weight is 435 g/mol.